The number of carbonyl (C=O) groups excluding carboxylic acids is 1. The topological polar surface area (TPSA) is 65.0 Å². The smallest absolute Gasteiger partial charge is 0.234 e. The number of amides is 1. The third kappa shape index (κ3) is 6.43. The largest absolute Gasteiger partial charge is 0.489 e. The van der Waals surface area contributed by atoms with Crippen LogP contribution in [0.5, 0.6) is 5.75 Å². The van der Waals surface area contributed by atoms with E-state index in [-0.39, 0.29) is 23.4 Å². The van der Waals surface area contributed by atoms with Crippen LogP contribution in [0.2, 0.25) is 0 Å². The standard InChI is InChI=1S/C29H41N3O3/c1-29(2,3)23-13-14-26(35-20-21-9-6-5-7-10-21)22(17-23)18-31(4)24-11-8-12-25(28(24)34)32-16-15-30-27(33)19-32/h5-7,9-10,13-14,17,24-25,28,34H,8,11-12,15-16,18-20H2,1-4H3,(H,30,33)/t24-,25-,28-/m1/s1. The van der Waals surface area contributed by atoms with Crippen molar-refractivity contribution < 1.29 is 14.6 Å². The van der Waals surface area contributed by atoms with Crippen LogP contribution in [-0.4, -0.2) is 65.7 Å². The molecule has 2 aromatic rings. The molecule has 0 radical (unpaired) electrons. The maximum Gasteiger partial charge on any atom is 0.234 e. The van der Waals surface area contributed by atoms with Crippen LogP contribution in [0, 0.1) is 0 Å². The van der Waals surface area contributed by atoms with Gasteiger partial charge in [-0.05, 0) is 42.5 Å². The summed E-state index contributed by atoms with van der Waals surface area (Å²) in [6, 6.07) is 16.8. The van der Waals surface area contributed by atoms with E-state index in [4.69, 9.17) is 4.74 Å². The number of nitrogens with zero attached hydrogens (tertiary/aromatic N) is 2. The molecule has 3 atom stereocenters. The lowest BCUT2D eigenvalue weighted by Crippen LogP contribution is -2.60. The molecular formula is C29H41N3O3. The highest BCUT2D eigenvalue weighted by Gasteiger charge is 2.38. The molecule has 1 aliphatic heterocycles. The molecule has 190 valence electrons. The van der Waals surface area contributed by atoms with Crippen LogP contribution in [0.3, 0.4) is 0 Å². The monoisotopic (exact) mass is 479 g/mol. The summed E-state index contributed by atoms with van der Waals surface area (Å²) in [5, 5.41) is 14.3. The minimum absolute atomic E-state index is 0.0250. The van der Waals surface area contributed by atoms with Gasteiger partial charge in [0.2, 0.25) is 5.91 Å². The summed E-state index contributed by atoms with van der Waals surface area (Å²) in [4.78, 5) is 16.4. The lowest BCUT2D eigenvalue weighted by Gasteiger charge is -2.45. The minimum Gasteiger partial charge on any atom is -0.489 e. The van der Waals surface area contributed by atoms with E-state index in [0.29, 0.717) is 26.2 Å². The van der Waals surface area contributed by atoms with Crippen LogP contribution in [0.1, 0.15) is 56.7 Å². The molecule has 0 aromatic heterocycles. The van der Waals surface area contributed by atoms with Crippen LogP contribution in [-0.2, 0) is 23.4 Å². The van der Waals surface area contributed by atoms with Gasteiger partial charge in [0.25, 0.3) is 0 Å². The number of aliphatic hydroxyl groups excluding tert-OH is 1. The number of aliphatic hydroxyl groups is 1. The van der Waals surface area contributed by atoms with Crippen molar-refractivity contribution in [3.8, 4) is 5.75 Å². The Morgan fingerprint density at radius 1 is 1.14 bits per heavy atom. The Bertz CT molecular complexity index is 988. The van der Waals surface area contributed by atoms with E-state index < -0.39 is 6.10 Å². The average molecular weight is 480 g/mol. The molecule has 35 heavy (non-hydrogen) atoms. The van der Waals surface area contributed by atoms with E-state index in [2.05, 4.69) is 73.3 Å². The first-order chi connectivity index (χ1) is 16.7. The first-order valence-electron chi connectivity index (χ1n) is 12.9. The molecule has 4 rings (SSSR count). The molecule has 0 unspecified atom stereocenters. The van der Waals surface area contributed by atoms with Crippen LogP contribution < -0.4 is 10.1 Å². The highest BCUT2D eigenvalue weighted by atomic mass is 16.5. The summed E-state index contributed by atoms with van der Waals surface area (Å²) < 4.78 is 6.29. The zero-order chi connectivity index (χ0) is 25.0. The number of rotatable bonds is 7. The van der Waals surface area contributed by atoms with Gasteiger partial charge >= 0.3 is 0 Å². The molecule has 2 aromatic carbocycles. The molecule has 1 saturated heterocycles. The Morgan fingerprint density at radius 3 is 2.63 bits per heavy atom. The fourth-order valence-electron chi connectivity index (χ4n) is 5.39. The van der Waals surface area contributed by atoms with Gasteiger partial charge in [0.1, 0.15) is 12.4 Å². The van der Waals surface area contributed by atoms with Crippen molar-refractivity contribution in [3.05, 3.63) is 65.2 Å². The molecule has 1 amide bonds. The highest BCUT2D eigenvalue weighted by molar-refractivity contribution is 5.78. The fraction of sp³-hybridized carbons (Fsp3) is 0.552. The third-order valence-corrected chi connectivity index (χ3v) is 7.47. The lowest BCUT2D eigenvalue weighted by atomic mass is 9.84. The van der Waals surface area contributed by atoms with Crippen LogP contribution in [0.15, 0.2) is 48.5 Å². The van der Waals surface area contributed by atoms with E-state index in [9.17, 15) is 9.90 Å². The lowest BCUT2D eigenvalue weighted by molar-refractivity contribution is -0.127. The summed E-state index contributed by atoms with van der Waals surface area (Å²) in [7, 11) is 2.10. The van der Waals surface area contributed by atoms with Gasteiger partial charge in [-0.3, -0.25) is 14.6 Å². The van der Waals surface area contributed by atoms with E-state index >= 15 is 0 Å². The van der Waals surface area contributed by atoms with E-state index in [1.807, 2.05) is 18.2 Å². The Balaban J connectivity index is 1.51. The zero-order valence-corrected chi connectivity index (χ0v) is 21.7. The SMILES string of the molecule is CN(Cc1cc(C(C)(C)C)ccc1OCc1ccccc1)[C@@H]1CCC[C@@H](N2CCNC(=O)C2)[C@@H]1O. The van der Waals surface area contributed by atoms with Crippen LogP contribution in [0.25, 0.3) is 0 Å². The Labute approximate surface area is 210 Å². The Morgan fingerprint density at radius 2 is 1.91 bits per heavy atom. The van der Waals surface area contributed by atoms with Crippen LogP contribution in [0.4, 0.5) is 0 Å². The molecule has 2 N–H and O–H groups in total. The normalized spacial score (nSPS) is 23.8. The summed E-state index contributed by atoms with van der Waals surface area (Å²) in [6.07, 6.45) is 2.45. The number of benzene rings is 2. The number of ether oxygens (including phenoxy) is 1. The molecule has 2 fully saturated rings. The number of carbonyl (C=O) groups is 1. The van der Waals surface area contributed by atoms with Crippen molar-refractivity contribution in [1.29, 1.82) is 0 Å². The van der Waals surface area contributed by atoms with Gasteiger partial charge < -0.3 is 15.2 Å². The second-order valence-corrected chi connectivity index (χ2v) is 11.1. The maximum atomic E-state index is 11.9. The van der Waals surface area contributed by atoms with Gasteiger partial charge in [-0.25, -0.2) is 0 Å². The van der Waals surface area contributed by atoms with Gasteiger partial charge in [0, 0.05) is 37.3 Å². The zero-order valence-electron chi connectivity index (χ0n) is 21.7. The van der Waals surface area contributed by atoms with E-state index in [1.165, 1.54) is 5.56 Å². The summed E-state index contributed by atoms with van der Waals surface area (Å²) in [6.45, 7) is 9.74. The van der Waals surface area contributed by atoms with Gasteiger partial charge in [-0.2, -0.15) is 0 Å². The highest BCUT2D eigenvalue weighted by Crippen LogP contribution is 2.32. The molecule has 0 spiro atoms. The average Bonchev–Trinajstić information content (AvgIpc) is 2.83. The molecule has 6 heteroatoms. The van der Waals surface area contributed by atoms with Gasteiger partial charge in [0.15, 0.2) is 0 Å². The van der Waals surface area contributed by atoms with Crippen molar-refractivity contribution in [3.63, 3.8) is 0 Å². The van der Waals surface area contributed by atoms with Crippen LogP contribution >= 0.6 is 0 Å². The summed E-state index contributed by atoms with van der Waals surface area (Å²) in [5.74, 6) is 0.946. The second-order valence-electron chi connectivity index (χ2n) is 11.1. The van der Waals surface area contributed by atoms with Gasteiger partial charge in [0.05, 0.1) is 12.6 Å². The van der Waals surface area contributed by atoms with Crippen molar-refractivity contribution in [1.82, 2.24) is 15.1 Å². The van der Waals surface area contributed by atoms with Crippen molar-refractivity contribution in [2.45, 2.75) is 76.8 Å². The van der Waals surface area contributed by atoms with Gasteiger partial charge in [-0.1, -0.05) is 69.7 Å². The number of hydrogen-bond donors (Lipinski definition) is 2. The fourth-order valence-corrected chi connectivity index (χ4v) is 5.39. The number of hydrogen-bond acceptors (Lipinski definition) is 5. The van der Waals surface area contributed by atoms with E-state index in [0.717, 1.165) is 42.7 Å². The Hall–Kier alpha value is -2.41. The summed E-state index contributed by atoms with van der Waals surface area (Å²) in [5.41, 5.74) is 3.59. The molecule has 2 aliphatic rings. The van der Waals surface area contributed by atoms with Crippen molar-refractivity contribution in [2.24, 2.45) is 0 Å². The molecule has 0 bridgehead atoms. The first-order valence-corrected chi connectivity index (χ1v) is 12.9. The number of likely N-dealkylation sites (N-methyl/N-ethyl adjacent to an activating group) is 1. The molecule has 1 heterocycles. The Kier molecular flexibility index (Phi) is 8.15. The third-order valence-electron chi connectivity index (χ3n) is 7.47. The second kappa shape index (κ2) is 11.1. The number of nitrogens with one attached hydrogen (secondary N) is 1. The minimum atomic E-state index is -0.487. The predicted molar refractivity (Wildman–Crippen MR) is 139 cm³/mol. The van der Waals surface area contributed by atoms with Crippen molar-refractivity contribution in [2.75, 3.05) is 26.7 Å². The number of piperazine rings is 1. The quantitative estimate of drug-likeness (QED) is 0.634. The predicted octanol–water partition coefficient (Wildman–Crippen LogP) is 3.71. The molecule has 1 aliphatic carbocycles. The summed E-state index contributed by atoms with van der Waals surface area (Å²) >= 11 is 0. The molecular weight excluding hydrogens is 438 g/mol. The van der Waals surface area contributed by atoms with Gasteiger partial charge in [-0.15, -0.1) is 0 Å². The molecule has 6 nitrogen and oxygen atoms in total. The first kappa shape index (κ1) is 25.7. The van der Waals surface area contributed by atoms with Crippen molar-refractivity contribution >= 4 is 5.91 Å². The molecule has 1 saturated carbocycles. The maximum absolute atomic E-state index is 11.9. The van der Waals surface area contributed by atoms with E-state index in [1.54, 1.807) is 0 Å².